The van der Waals surface area contributed by atoms with Gasteiger partial charge >= 0.3 is 12.2 Å². The molecule has 30 heavy (non-hydrogen) atoms. The first-order valence-corrected chi connectivity index (χ1v) is 8.98. The van der Waals surface area contributed by atoms with Crippen LogP contribution in [0.3, 0.4) is 0 Å². The highest BCUT2D eigenvalue weighted by molar-refractivity contribution is 5.96. The maximum absolute atomic E-state index is 12.9. The number of amides is 3. The molecule has 11 nitrogen and oxygen atoms in total. The molecule has 11 heteroatoms. The number of fused-ring (bicyclic) bond motifs is 1. The number of nitrogens with zero attached hydrogens (tertiary/aromatic N) is 4. The van der Waals surface area contributed by atoms with Crippen molar-refractivity contribution in [1.29, 1.82) is 5.26 Å². The van der Waals surface area contributed by atoms with Crippen molar-refractivity contribution in [3.63, 3.8) is 0 Å². The van der Waals surface area contributed by atoms with E-state index in [2.05, 4.69) is 25.2 Å². The van der Waals surface area contributed by atoms with E-state index < -0.39 is 12.2 Å². The molecule has 2 aromatic rings. The average molecular weight is 412 g/mol. The van der Waals surface area contributed by atoms with E-state index in [0.717, 1.165) is 0 Å². The Morgan fingerprint density at radius 2 is 2.00 bits per heavy atom. The Morgan fingerprint density at radius 3 is 2.67 bits per heavy atom. The molecule has 1 aliphatic rings. The van der Waals surface area contributed by atoms with Gasteiger partial charge in [-0.25, -0.2) is 9.59 Å². The van der Waals surface area contributed by atoms with Crippen LogP contribution < -0.4 is 10.6 Å². The zero-order valence-electron chi connectivity index (χ0n) is 16.6. The second-order valence-corrected chi connectivity index (χ2v) is 6.55. The van der Waals surface area contributed by atoms with Crippen LogP contribution >= 0.6 is 0 Å². The van der Waals surface area contributed by atoms with Crippen molar-refractivity contribution < 1.29 is 23.9 Å². The lowest BCUT2D eigenvalue weighted by atomic mass is 10.1. The molecule has 0 spiro atoms. The number of benzene rings is 1. The van der Waals surface area contributed by atoms with Crippen molar-refractivity contribution in [3.05, 3.63) is 35.5 Å². The molecule has 2 N–H and O–H groups in total. The molecule has 1 aromatic carbocycles. The van der Waals surface area contributed by atoms with Crippen molar-refractivity contribution >= 4 is 23.8 Å². The monoisotopic (exact) mass is 412 g/mol. The minimum atomic E-state index is -0.695. The predicted octanol–water partition coefficient (Wildman–Crippen LogP) is 1.93. The number of nitriles is 1. The zero-order valence-corrected chi connectivity index (χ0v) is 16.6. The van der Waals surface area contributed by atoms with Gasteiger partial charge in [-0.2, -0.15) is 10.4 Å². The summed E-state index contributed by atoms with van der Waals surface area (Å²) < 4.78 is 10.8. The van der Waals surface area contributed by atoms with Gasteiger partial charge in [-0.15, -0.1) is 0 Å². The van der Waals surface area contributed by atoms with Crippen LogP contribution in [0.5, 0.6) is 0 Å². The van der Waals surface area contributed by atoms with Gasteiger partial charge < -0.3 is 19.7 Å². The van der Waals surface area contributed by atoms with Crippen molar-refractivity contribution in [3.8, 4) is 17.3 Å². The van der Waals surface area contributed by atoms with Crippen LogP contribution in [0.2, 0.25) is 0 Å². The fourth-order valence-corrected chi connectivity index (χ4v) is 3.13. The van der Waals surface area contributed by atoms with Gasteiger partial charge in [-0.05, 0) is 31.2 Å². The number of ether oxygens (including phenoxy) is 2. The highest BCUT2D eigenvalue weighted by atomic mass is 16.5. The van der Waals surface area contributed by atoms with Crippen molar-refractivity contribution in [2.24, 2.45) is 0 Å². The largest absolute Gasteiger partial charge is 0.453 e. The summed E-state index contributed by atoms with van der Waals surface area (Å²) in [5.74, 6) is -0.306. The molecular formula is C19H20N6O5. The van der Waals surface area contributed by atoms with Crippen molar-refractivity contribution in [2.45, 2.75) is 13.0 Å². The molecule has 1 atom stereocenters. The van der Waals surface area contributed by atoms with Crippen LogP contribution in [0.1, 0.15) is 29.0 Å². The predicted molar refractivity (Wildman–Crippen MR) is 105 cm³/mol. The van der Waals surface area contributed by atoms with Crippen LogP contribution in [-0.2, 0) is 9.47 Å². The number of nitrogens with one attached hydrogen (secondary N) is 2. The number of aromatic nitrogens is 2. The van der Waals surface area contributed by atoms with Gasteiger partial charge in [0.15, 0.2) is 0 Å². The Hall–Kier alpha value is -4.07. The highest BCUT2D eigenvalue weighted by Crippen LogP contribution is 2.31. The van der Waals surface area contributed by atoms with Crippen molar-refractivity contribution in [1.82, 2.24) is 20.0 Å². The number of carbonyl (C=O) groups excluding carboxylic acids is 3. The Morgan fingerprint density at radius 1 is 1.27 bits per heavy atom. The van der Waals surface area contributed by atoms with Crippen LogP contribution in [0.25, 0.3) is 11.3 Å². The van der Waals surface area contributed by atoms with Gasteiger partial charge in [0, 0.05) is 12.1 Å². The molecule has 156 valence electrons. The Balaban J connectivity index is 1.95. The summed E-state index contributed by atoms with van der Waals surface area (Å²) in [5, 5.41) is 18.7. The van der Waals surface area contributed by atoms with Gasteiger partial charge in [0.05, 0.1) is 49.9 Å². The van der Waals surface area contributed by atoms with Gasteiger partial charge in [-0.1, -0.05) is 0 Å². The normalized spacial score (nSPS) is 15.1. The standard InChI is InChI=1S/C19H20N6O5/c1-11-9-24(10-21-18(27)29-2)17(26)16-7-15(23-25(11)16)13-5-4-12(8-20)6-14(13)22-19(28)30-3/h4-7,11H,9-10H2,1-3H3,(H,21,27)(H,22,28)/t11-/m0/s1. The number of hydrogen-bond acceptors (Lipinski definition) is 7. The number of anilines is 1. The minimum Gasteiger partial charge on any atom is -0.453 e. The molecule has 3 amide bonds. The van der Waals surface area contributed by atoms with E-state index in [1.165, 1.54) is 25.2 Å². The highest BCUT2D eigenvalue weighted by Gasteiger charge is 2.31. The summed E-state index contributed by atoms with van der Waals surface area (Å²) in [6.07, 6.45) is -1.33. The fraction of sp³-hybridized carbons (Fsp3) is 0.316. The Bertz CT molecular complexity index is 1040. The van der Waals surface area contributed by atoms with Gasteiger partial charge in [0.25, 0.3) is 5.91 Å². The van der Waals surface area contributed by atoms with Crippen molar-refractivity contribution in [2.75, 3.05) is 32.7 Å². The molecular weight excluding hydrogens is 392 g/mol. The van der Waals surface area contributed by atoms with E-state index in [9.17, 15) is 14.4 Å². The first-order chi connectivity index (χ1) is 14.4. The first kappa shape index (κ1) is 20.7. The Kier molecular flexibility index (Phi) is 5.87. The van der Waals surface area contributed by atoms with E-state index in [1.807, 2.05) is 13.0 Å². The molecule has 0 radical (unpaired) electrons. The third-order valence-corrected chi connectivity index (χ3v) is 4.59. The third kappa shape index (κ3) is 4.02. The molecule has 1 aliphatic heterocycles. The number of alkyl carbamates (subject to hydrolysis) is 1. The lowest BCUT2D eigenvalue weighted by Gasteiger charge is -2.31. The topological polar surface area (TPSA) is 139 Å². The Labute approximate surface area is 172 Å². The summed E-state index contributed by atoms with van der Waals surface area (Å²) in [5.41, 5.74) is 1.99. The van der Waals surface area contributed by atoms with E-state index in [1.54, 1.807) is 22.9 Å². The number of methoxy groups -OCH3 is 2. The summed E-state index contributed by atoms with van der Waals surface area (Å²) in [7, 11) is 2.48. The number of hydrogen-bond donors (Lipinski definition) is 2. The molecule has 0 aliphatic carbocycles. The van der Waals surface area contributed by atoms with Crippen LogP contribution in [0.15, 0.2) is 24.3 Å². The molecule has 0 unspecified atom stereocenters. The molecule has 0 bridgehead atoms. The van der Waals surface area contributed by atoms with Gasteiger partial charge in [-0.3, -0.25) is 14.8 Å². The number of rotatable bonds is 4. The molecule has 0 fully saturated rings. The van der Waals surface area contributed by atoms with Gasteiger partial charge in [0.1, 0.15) is 5.69 Å². The van der Waals surface area contributed by atoms with Crippen LogP contribution in [0.4, 0.5) is 15.3 Å². The van der Waals surface area contributed by atoms with E-state index in [0.29, 0.717) is 34.7 Å². The minimum absolute atomic E-state index is 0.00235. The van der Waals surface area contributed by atoms with Crippen LogP contribution in [-0.4, -0.2) is 60.2 Å². The SMILES string of the molecule is COC(=O)NCN1C[C@H](C)n2nc(-c3ccc(C#N)cc3NC(=O)OC)cc2C1=O. The summed E-state index contributed by atoms with van der Waals surface area (Å²) in [6, 6.07) is 8.20. The lowest BCUT2D eigenvalue weighted by molar-refractivity contribution is 0.0647. The molecule has 3 rings (SSSR count). The average Bonchev–Trinajstić information content (AvgIpc) is 3.20. The van der Waals surface area contributed by atoms with E-state index in [-0.39, 0.29) is 18.6 Å². The first-order valence-electron chi connectivity index (χ1n) is 8.98. The summed E-state index contributed by atoms with van der Waals surface area (Å²) >= 11 is 0. The molecule has 0 saturated heterocycles. The smallest absolute Gasteiger partial charge is 0.411 e. The van der Waals surface area contributed by atoms with E-state index >= 15 is 0 Å². The van der Waals surface area contributed by atoms with Crippen LogP contribution in [0, 0.1) is 11.3 Å². The maximum Gasteiger partial charge on any atom is 0.411 e. The fourth-order valence-electron chi connectivity index (χ4n) is 3.13. The molecule has 0 saturated carbocycles. The third-order valence-electron chi connectivity index (χ3n) is 4.59. The maximum atomic E-state index is 12.9. The lowest BCUT2D eigenvalue weighted by Crippen LogP contribution is -2.47. The number of carbonyl (C=O) groups is 3. The quantitative estimate of drug-likeness (QED) is 0.782. The van der Waals surface area contributed by atoms with E-state index in [4.69, 9.17) is 5.26 Å². The summed E-state index contributed by atoms with van der Waals surface area (Å²) in [6.45, 7) is 2.24. The molecule has 2 heterocycles. The second-order valence-electron chi connectivity index (χ2n) is 6.55. The summed E-state index contributed by atoms with van der Waals surface area (Å²) in [4.78, 5) is 37.4. The zero-order chi connectivity index (χ0) is 21.8. The second kappa shape index (κ2) is 8.52. The molecule has 1 aromatic heterocycles. The van der Waals surface area contributed by atoms with Gasteiger partial charge in [0.2, 0.25) is 0 Å².